The molecule has 0 radical (unpaired) electrons. The molecule has 1 saturated heterocycles. The molecule has 0 aromatic rings. The number of hydrogen-bond acceptors (Lipinski definition) is 4. The molecule has 1 rings (SSSR count). The lowest BCUT2D eigenvalue weighted by Gasteiger charge is -2.45. The Morgan fingerprint density at radius 2 is 2.12 bits per heavy atom. The van der Waals surface area contributed by atoms with Gasteiger partial charge in [0.15, 0.2) is 0 Å². The Hall–Kier alpha value is -0.650. The number of nitrogens with zero attached hydrogens (tertiary/aromatic N) is 2. The van der Waals surface area contributed by atoms with Crippen LogP contribution in [0.5, 0.6) is 0 Å². The van der Waals surface area contributed by atoms with Gasteiger partial charge in [0.2, 0.25) is 0 Å². The Kier molecular flexibility index (Phi) is 4.91. The number of carboxylic acids is 1. The minimum absolute atomic E-state index is 0.119. The highest BCUT2D eigenvalue weighted by Crippen LogP contribution is 2.18. The van der Waals surface area contributed by atoms with Crippen LogP contribution in [0.25, 0.3) is 0 Å². The molecule has 1 unspecified atom stereocenters. The van der Waals surface area contributed by atoms with Crippen molar-refractivity contribution in [3.63, 3.8) is 0 Å². The van der Waals surface area contributed by atoms with Gasteiger partial charge in [-0.1, -0.05) is 6.92 Å². The largest absolute Gasteiger partial charge is 0.480 e. The van der Waals surface area contributed by atoms with Crippen LogP contribution in [0.4, 0.5) is 0 Å². The standard InChI is InChI=1S/C12H25N3O2/c1-5-13-10(11(16)17)8-15-7-6-14(4)12(2,3)9-15/h10,13H,5-9H2,1-4H3,(H,16,17). The van der Waals surface area contributed by atoms with Crippen molar-refractivity contribution in [1.82, 2.24) is 15.1 Å². The molecular weight excluding hydrogens is 218 g/mol. The summed E-state index contributed by atoms with van der Waals surface area (Å²) < 4.78 is 0. The van der Waals surface area contributed by atoms with Gasteiger partial charge in [-0.05, 0) is 27.4 Å². The molecular formula is C12H25N3O2. The van der Waals surface area contributed by atoms with Crippen molar-refractivity contribution in [2.75, 3.05) is 39.8 Å². The normalized spacial score (nSPS) is 23.5. The van der Waals surface area contributed by atoms with Gasteiger partial charge in [-0.15, -0.1) is 0 Å². The topological polar surface area (TPSA) is 55.8 Å². The fraction of sp³-hybridized carbons (Fsp3) is 0.917. The number of carboxylic acid groups (broad SMARTS) is 1. The van der Waals surface area contributed by atoms with Crippen molar-refractivity contribution >= 4 is 5.97 Å². The zero-order chi connectivity index (χ0) is 13.1. The lowest BCUT2D eigenvalue weighted by Crippen LogP contribution is -2.60. The quantitative estimate of drug-likeness (QED) is 0.716. The minimum atomic E-state index is -0.761. The third-order valence-electron chi connectivity index (χ3n) is 3.58. The molecule has 100 valence electrons. The lowest BCUT2D eigenvalue weighted by atomic mass is 9.99. The first-order valence-corrected chi connectivity index (χ1v) is 6.26. The van der Waals surface area contributed by atoms with Gasteiger partial charge in [-0.2, -0.15) is 0 Å². The summed E-state index contributed by atoms with van der Waals surface area (Å²) in [6.45, 7) is 10.4. The lowest BCUT2D eigenvalue weighted by molar-refractivity contribution is -0.140. The second-order valence-corrected chi connectivity index (χ2v) is 5.42. The van der Waals surface area contributed by atoms with Gasteiger partial charge in [-0.3, -0.25) is 14.6 Å². The van der Waals surface area contributed by atoms with E-state index in [1.807, 2.05) is 6.92 Å². The Balaban J connectivity index is 2.54. The van der Waals surface area contributed by atoms with E-state index in [1.165, 1.54) is 0 Å². The Morgan fingerprint density at radius 1 is 1.47 bits per heavy atom. The molecule has 0 bridgehead atoms. The van der Waals surface area contributed by atoms with Crippen LogP contribution in [0.15, 0.2) is 0 Å². The van der Waals surface area contributed by atoms with E-state index in [0.29, 0.717) is 13.1 Å². The maximum atomic E-state index is 11.1. The number of aliphatic carboxylic acids is 1. The second-order valence-electron chi connectivity index (χ2n) is 5.42. The maximum Gasteiger partial charge on any atom is 0.322 e. The van der Waals surface area contributed by atoms with Crippen molar-refractivity contribution < 1.29 is 9.90 Å². The summed E-state index contributed by atoms with van der Waals surface area (Å²) in [6.07, 6.45) is 0. The molecule has 0 amide bonds. The number of piperazine rings is 1. The van der Waals surface area contributed by atoms with Gasteiger partial charge in [0.1, 0.15) is 6.04 Å². The fourth-order valence-electron chi connectivity index (χ4n) is 2.23. The SMILES string of the molecule is CCNC(CN1CCN(C)C(C)(C)C1)C(=O)O. The van der Waals surface area contributed by atoms with Crippen molar-refractivity contribution in [2.24, 2.45) is 0 Å². The predicted octanol–water partition coefficient (Wildman–Crippen LogP) is 0.0751. The number of carbonyl (C=O) groups is 1. The van der Waals surface area contributed by atoms with Gasteiger partial charge in [0, 0.05) is 31.7 Å². The molecule has 2 N–H and O–H groups in total. The highest BCUT2D eigenvalue weighted by Gasteiger charge is 2.32. The van der Waals surface area contributed by atoms with Crippen molar-refractivity contribution in [1.29, 1.82) is 0 Å². The van der Waals surface area contributed by atoms with Crippen LogP contribution in [-0.2, 0) is 4.79 Å². The molecule has 1 atom stereocenters. The molecule has 0 spiro atoms. The van der Waals surface area contributed by atoms with Crippen LogP contribution in [0.2, 0.25) is 0 Å². The van der Waals surface area contributed by atoms with Crippen LogP contribution in [0, 0.1) is 0 Å². The highest BCUT2D eigenvalue weighted by molar-refractivity contribution is 5.73. The van der Waals surface area contributed by atoms with Gasteiger partial charge < -0.3 is 10.4 Å². The zero-order valence-corrected chi connectivity index (χ0v) is 11.4. The highest BCUT2D eigenvalue weighted by atomic mass is 16.4. The number of likely N-dealkylation sites (N-methyl/N-ethyl adjacent to an activating group) is 2. The van der Waals surface area contributed by atoms with Gasteiger partial charge in [-0.25, -0.2) is 0 Å². The van der Waals surface area contributed by atoms with Crippen LogP contribution >= 0.6 is 0 Å². The molecule has 1 fully saturated rings. The fourth-order valence-corrected chi connectivity index (χ4v) is 2.23. The minimum Gasteiger partial charge on any atom is -0.480 e. The molecule has 1 aliphatic heterocycles. The van der Waals surface area contributed by atoms with E-state index in [0.717, 1.165) is 19.6 Å². The first kappa shape index (κ1) is 14.4. The number of hydrogen-bond donors (Lipinski definition) is 2. The predicted molar refractivity (Wildman–Crippen MR) is 68.2 cm³/mol. The van der Waals surface area contributed by atoms with E-state index in [1.54, 1.807) is 0 Å². The first-order valence-electron chi connectivity index (χ1n) is 6.26. The monoisotopic (exact) mass is 243 g/mol. The average Bonchev–Trinajstić information content (AvgIpc) is 2.22. The Morgan fingerprint density at radius 3 is 2.59 bits per heavy atom. The van der Waals surface area contributed by atoms with E-state index in [2.05, 4.69) is 36.0 Å². The number of nitrogens with one attached hydrogen (secondary N) is 1. The third kappa shape index (κ3) is 3.94. The van der Waals surface area contributed by atoms with E-state index < -0.39 is 12.0 Å². The van der Waals surface area contributed by atoms with Gasteiger partial charge in [0.25, 0.3) is 0 Å². The summed E-state index contributed by atoms with van der Waals surface area (Å²) in [5.74, 6) is -0.761. The third-order valence-corrected chi connectivity index (χ3v) is 3.58. The van der Waals surface area contributed by atoms with E-state index >= 15 is 0 Å². The first-order chi connectivity index (χ1) is 7.86. The molecule has 5 heteroatoms. The molecule has 0 saturated carbocycles. The smallest absolute Gasteiger partial charge is 0.322 e. The van der Waals surface area contributed by atoms with E-state index in [-0.39, 0.29) is 5.54 Å². The average molecular weight is 243 g/mol. The molecule has 0 aliphatic carbocycles. The van der Waals surface area contributed by atoms with Gasteiger partial charge in [0.05, 0.1) is 0 Å². The summed E-state index contributed by atoms with van der Waals surface area (Å²) in [5.41, 5.74) is 0.119. The Bertz CT molecular complexity index is 268. The van der Waals surface area contributed by atoms with Crippen LogP contribution < -0.4 is 5.32 Å². The zero-order valence-electron chi connectivity index (χ0n) is 11.4. The molecule has 0 aromatic heterocycles. The summed E-state index contributed by atoms with van der Waals surface area (Å²) in [7, 11) is 2.12. The summed E-state index contributed by atoms with van der Waals surface area (Å²) >= 11 is 0. The van der Waals surface area contributed by atoms with Crippen molar-refractivity contribution in [3.8, 4) is 0 Å². The maximum absolute atomic E-state index is 11.1. The van der Waals surface area contributed by atoms with Crippen LogP contribution in [0.1, 0.15) is 20.8 Å². The summed E-state index contributed by atoms with van der Waals surface area (Å²) in [5, 5.41) is 12.1. The van der Waals surface area contributed by atoms with Crippen LogP contribution in [-0.4, -0.2) is 72.2 Å². The van der Waals surface area contributed by atoms with Gasteiger partial charge >= 0.3 is 5.97 Å². The van der Waals surface area contributed by atoms with Crippen molar-refractivity contribution in [3.05, 3.63) is 0 Å². The van der Waals surface area contributed by atoms with E-state index in [4.69, 9.17) is 5.11 Å². The Labute approximate surface area is 104 Å². The molecule has 1 aliphatic rings. The van der Waals surface area contributed by atoms with Crippen molar-refractivity contribution in [2.45, 2.75) is 32.4 Å². The second kappa shape index (κ2) is 5.80. The summed E-state index contributed by atoms with van der Waals surface area (Å²) in [6, 6.07) is -0.459. The molecule has 5 nitrogen and oxygen atoms in total. The molecule has 1 heterocycles. The van der Waals surface area contributed by atoms with Crippen LogP contribution in [0.3, 0.4) is 0 Å². The molecule has 0 aromatic carbocycles. The van der Waals surface area contributed by atoms with E-state index in [9.17, 15) is 4.79 Å². The molecule has 17 heavy (non-hydrogen) atoms. The summed E-state index contributed by atoms with van der Waals surface area (Å²) in [4.78, 5) is 15.7. The number of rotatable bonds is 5.